The van der Waals surface area contributed by atoms with E-state index < -0.39 is 21.7 Å². The third-order valence-corrected chi connectivity index (χ3v) is 4.67. The molecule has 0 aliphatic rings. The number of hydrogen-bond donors (Lipinski definition) is 1. The summed E-state index contributed by atoms with van der Waals surface area (Å²) in [6.45, 7) is 1.86. The quantitative estimate of drug-likeness (QED) is 0.887. The number of sulfonamides is 1. The van der Waals surface area contributed by atoms with Gasteiger partial charge in [-0.2, -0.15) is 0 Å². The van der Waals surface area contributed by atoms with Gasteiger partial charge in [-0.05, 0) is 48.2 Å². The molecule has 0 heterocycles. The molecule has 1 N–H and O–H groups in total. The van der Waals surface area contributed by atoms with Crippen LogP contribution in [0.5, 0.6) is 0 Å². The van der Waals surface area contributed by atoms with E-state index in [1.165, 1.54) is 0 Å². The van der Waals surface area contributed by atoms with Gasteiger partial charge in [0.1, 0.15) is 11.6 Å². The molecular weight excluding hydrogens is 308 g/mol. The van der Waals surface area contributed by atoms with E-state index in [-0.39, 0.29) is 24.3 Å². The lowest BCUT2D eigenvalue weighted by Gasteiger charge is -2.09. The lowest BCUT2D eigenvalue weighted by atomic mass is 10.1. The van der Waals surface area contributed by atoms with Gasteiger partial charge in [0.2, 0.25) is 10.0 Å². The summed E-state index contributed by atoms with van der Waals surface area (Å²) in [6.07, 6.45) is 0.0938. The minimum absolute atomic E-state index is 0.0224. The maximum absolute atomic E-state index is 13.4. The van der Waals surface area contributed by atoms with Crippen molar-refractivity contribution in [1.29, 1.82) is 0 Å². The van der Waals surface area contributed by atoms with Crippen LogP contribution >= 0.6 is 0 Å². The maximum atomic E-state index is 13.4. The Morgan fingerprint density at radius 1 is 1.05 bits per heavy atom. The van der Waals surface area contributed by atoms with Crippen LogP contribution in [0.3, 0.4) is 0 Å². The molecule has 0 saturated heterocycles. The normalized spacial score (nSPS) is 11.6. The van der Waals surface area contributed by atoms with Gasteiger partial charge in [0.15, 0.2) is 0 Å². The van der Waals surface area contributed by atoms with Gasteiger partial charge < -0.3 is 0 Å². The molecule has 0 aromatic heterocycles. The van der Waals surface area contributed by atoms with Gasteiger partial charge in [-0.1, -0.05) is 24.3 Å². The molecule has 3 nitrogen and oxygen atoms in total. The van der Waals surface area contributed by atoms with Gasteiger partial charge in [0.05, 0.1) is 5.75 Å². The van der Waals surface area contributed by atoms with Crippen molar-refractivity contribution in [3.8, 4) is 0 Å². The molecule has 118 valence electrons. The van der Waals surface area contributed by atoms with E-state index in [4.69, 9.17) is 0 Å². The molecule has 0 spiro atoms. The van der Waals surface area contributed by atoms with E-state index >= 15 is 0 Å². The Hall–Kier alpha value is -1.79. The summed E-state index contributed by atoms with van der Waals surface area (Å²) in [5.74, 6) is -1.22. The lowest BCUT2D eigenvalue weighted by molar-refractivity contribution is 0.571. The zero-order valence-electron chi connectivity index (χ0n) is 12.1. The summed E-state index contributed by atoms with van der Waals surface area (Å²) in [5, 5.41) is 0. The van der Waals surface area contributed by atoms with Crippen molar-refractivity contribution in [2.75, 3.05) is 6.54 Å². The monoisotopic (exact) mass is 325 g/mol. The highest BCUT2D eigenvalue weighted by molar-refractivity contribution is 7.88. The van der Waals surface area contributed by atoms with Gasteiger partial charge in [-0.3, -0.25) is 0 Å². The molecule has 0 radical (unpaired) electrons. The predicted octanol–water partition coefficient (Wildman–Crippen LogP) is 2.94. The Morgan fingerprint density at radius 3 is 2.50 bits per heavy atom. The summed E-state index contributed by atoms with van der Waals surface area (Å²) >= 11 is 0. The topological polar surface area (TPSA) is 46.2 Å². The average molecular weight is 325 g/mol. The van der Waals surface area contributed by atoms with Gasteiger partial charge in [-0.15, -0.1) is 0 Å². The number of nitrogens with one attached hydrogen (secondary N) is 1. The second-order valence-electron chi connectivity index (χ2n) is 5.07. The minimum atomic E-state index is -3.52. The fourth-order valence-electron chi connectivity index (χ4n) is 2.10. The van der Waals surface area contributed by atoms with Gasteiger partial charge in [-0.25, -0.2) is 21.9 Å². The van der Waals surface area contributed by atoms with Crippen LogP contribution in [0.2, 0.25) is 0 Å². The van der Waals surface area contributed by atoms with Crippen LogP contribution in [0.15, 0.2) is 42.5 Å². The van der Waals surface area contributed by atoms with Crippen LogP contribution in [0.25, 0.3) is 0 Å². The molecule has 2 aromatic carbocycles. The summed E-state index contributed by atoms with van der Waals surface area (Å²) in [5.41, 5.74) is 1.76. The van der Waals surface area contributed by atoms with Crippen molar-refractivity contribution in [2.45, 2.75) is 19.1 Å². The summed E-state index contributed by atoms with van der Waals surface area (Å²) in [4.78, 5) is 0. The summed E-state index contributed by atoms with van der Waals surface area (Å²) < 4.78 is 52.9. The van der Waals surface area contributed by atoms with Crippen molar-refractivity contribution in [3.63, 3.8) is 0 Å². The van der Waals surface area contributed by atoms with Crippen LogP contribution < -0.4 is 4.72 Å². The fraction of sp³-hybridized carbons (Fsp3) is 0.250. The molecule has 0 bridgehead atoms. The van der Waals surface area contributed by atoms with E-state index in [1.807, 2.05) is 19.1 Å². The predicted molar refractivity (Wildman–Crippen MR) is 81.9 cm³/mol. The first-order chi connectivity index (χ1) is 10.4. The Kier molecular flexibility index (Phi) is 5.26. The third kappa shape index (κ3) is 4.61. The average Bonchev–Trinajstić information content (AvgIpc) is 2.45. The maximum Gasteiger partial charge on any atom is 0.215 e. The van der Waals surface area contributed by atoms with Gasteiger partial charge in [0, 0.05) is 6.54 Å². The van der Waals surface area contributed by atoms with E-state index in [0.717, 1.165) is 23.8 Å². The molecule has 2 rings (SSSR count). The molecule has 2 aromatic rings. The van der Waals surface area contributed by atoms with E-state index in [1.54, 1.807) is 12.1 Å². The Morgan fingerprint density at radius 2 is 1.77 bits per heavy atom. The first-order valence-electron chi connectivity index (χ1n) is 6.83. The summed E-state index contributed by atoms with van der Waals surface area (Å²) in [6, 6.07) is 10.3. The van der Waals surface area contributed by atoms with Crippen LogP contribution in [-0.4, -0.2) is 15.0 Å². The first-order valence-corrected chi connectivity index (χ1v) is 8.48. The first kappa shape index (κ1) is 16.6. The SMILES string of the molecule is Cc1ccccc1CS(=O)(=O)NCCc1cc(F)ccc1F. The van der Waals surface area contributed by atoms with Gasteiger partial charge >= 0.3 is 0 Å². The number of aryl methyl sites for hydroxylation is 1. The third-order valence-electron chi connectivity index (χ3n) is 3.33. The second-order valence-corrected chi connectivity index (χ2v) is 6.87. The fourth-order valence-corrected chi connectivity index (χ4v) is 3.35. The van der Waals surface area contributed by atoms with E-state index in [9.17, 15) is 17.2 Å². The number of hydrogen-bond acceptors (Lipinski definition) is 2. The molecule has 0 fully saturated rings. The molecule has 22 heavy (non-hydrogen) atoms. The molecule has 0 aliphatic heterocycles. The van der Waals surface area contributed by atoms with E-state index in [2.05, 4.69) is 4.72 Å². The van der Waals surface area contributed by atoms with E-state index in [0.29, 0.717) is 5.56 Å². The highest BCUT2D eigenvalue weighted by atomic mass is 32.2. The Labute approximate surface area is 129 Å². The van der Waals surface area contributed by atoms with Gasteiger partial charge in [0.25, 0.3) is 0 Å². The number of rotatable bonds is 6. The van der Waals surface area contributed by atoms with Crippen molar-refractivity contribution in [2.24, 2.45) is 0 Å². The molecule has 0 unspecified atom stereocenters. The van der Waals surface area contributed by atoms with Crippen LogP contribution in [0.1, 0.15) is 16.7 Å². The largest absolute Gasteiger partial charge is 0.215 e. The smallest absolute Gasteiger partial charge is 0.215 e. The second kappa shape index (κ2) is 6.98. The molecule has 0 atom stereocenters. The standard InChI is InChI=1S/C16H17F2NO2S/c1-12-4-2-3-5-14(12)11-22(20,21)19-9-8-13-10-15(17)6-7-16(13)18/h2-7,10,19H,8-9,11H2,1H3. The van der Waals surface area contributed by atoms with Crippen molar-refractivity contribution < 1.29 is 17.2 Å². The number of halogens is 2. The molecule has 0 aliphatic carbocycles. The van der Waals surface area contributed by atoms with Crippen LogP contribution in [0, 0.1) is 18.6 Å². The summed E-state index contributed by atoms with van der Waals surface area (Å²) in [7, 11) is -3.52. The Bertz CT molecular complexity index is 760. The zero-order chi connectivity index (χ0) is 16.2. The molecule has 0 amide bonds. The molecular formula is C16H17F2NO2S. The minimum Gasteiger partial charge on any atom is -0.215 e. The molecule has 6 heteroatoms. The van der Waals surface area contributed by atoms with Crippen molar-refractivity contribution >= 4 is 10.0 Å². The number of benzene rings is 2. The van der Waals surface area contributed by atoms with Crippen molar-refractivity contribution in [3.05, 3.63) is 70.8 Å². The van der Waals surface area contributed by atoms with Crippen molar-refractivity contribution in [1.82, 2.24) is 4.72 Å². The Balaban J connectivity index is 1.96. The highest BCUT2D eigenvalue weighted by Gasteiger charge is 2.13. The zero-order valence-corrected chi connectivity index (χ0v) is 13.0. The molecule has 0 saturated carbocycles. The van der Waals surface area contributed by atoms with Crippen LogP contribution in [-0.2, 0) is 22.2 Å². The highest BCUT2D eigenvalue weighted by Crippen LogP contribution is 2.12. The van der Waals surface area contributed by atoms with Crippen LogP contribution in [0.4, 0.5) is 8.78 Å². The lowest BCUT2D eigenvalue weighted by Crippen LogP contribution is -2.27.